The van der Waals surface area contributed by atoms with Crippen LogP contribution < -0.4 is 0 Å². The van der Waals surface area contributed by atoms with Gasteiger partial charge in [-0.05, 0) is 6.42 Å². The van der Waals surface area contributed by atoms with Crippen LogP contribution in [-0.4, -0.2) is 8.80 Å². The largest absolute Gasteiger partial charge is 0.198 e. The van der Waals surface area contributed by atoms with E-state index in [9.17, 15) is 0 Å². The molecule has 69 valence electrons. The number of hydrogen-bond acceptors (Lipinski definition) is 1. The second-order valence-electron chi connectivity index (χ2n) is 3.90. The molecule has 0 aromatic heterocycles. The van der Waals surface area contributed by atoms with Crippen LogP contribution in [0.3, 0.4) is 0 Å². The van der Waals surface area contributed by atoms with Gasteiger partial charge in [0.25, 0.3) is 0 Å². The van der Waals surface area contributed by atoms with Crippen molar-refractivity contribution >= 4 is 8.80 Å². The molecule has 0 N–H and O–H groups in total. The lowest BCUT2D eigenvalue weighted by molar-refractivity contribution is 0.868. The van der Waals surface area contributed by atoms with Crippen LogP contribution in [0.5, 0.6) is 0 Å². The zero-order chi connectivity index (χ0) is 9.56. The van der Waals surface area contributed by atoms with E-state index >= 15 is 0 Å². The van der Waals surface area contributed by atoms with Crippen molar-refractivity contribution in [3.05, 3.63) is 0 Å². The van der Waals surface area contributed by atoms with E-state index in [0.29, 0.717) is 0 Å². The third kappa shape index (κ3) is 4.56. The fraction of sp³-hybridized carbons (Fsp3) is 0.900. The number of unbranched alkanes of at least 4 members (excludes halogenated alkanes) is 1. The van der Waals surface area contributed by atoms with Gasteiger partial charge in [-0.3, -0.25) is 0 Å². The fourth-order valence-corrected chi connectivity index (χ4v) is 4.69. The summed E-state index contributed by atoms with van der Waals surface area (Å²) in [5.41, 5.74) is 1.71. The molecule has 0 amide bonds. The summed E-state index contributed by atoms with van der Waals surface area (Å²) in [4.78, 5) is 0. The molecule has 1 radical (unpaired) electrons. The highest BCUT2D eigenvalue weighted by Crippen LogP contribution is 2.24. The van der Waals surface area contributed by atoms with Crippen molar-refractivity contribution in [1.29, 1.82) is 5.26 Å². The summed E-state index contributed by atoms with van der Waals surface area (Å²) >= 11 is 0. The minimum Gasteiger partial charge on any atom is -0.198 e. The van der Waals surface area contributed by atoms with Crippen LogP contribution in [0.25, 0.3) is 0 Å². The standard InChI is InChI=1S/C10H20NSi/c1-9(2)12(10(3)4)8-6-5-7-11/h9-10H,5-6,8H2,1-4H3. The molecule has 0 atom stereocenters. The molecule has 0 saturated carbocycles. The van der Waals surface area contributed by atoms with Gasteiger partial charge in [0.1, 0.15) is 0 Å². The molecule has 2 heteroatoms. The van der Waals surface area contributed by atoms with E-state index < -0.39 is 0 Å². The molecular formula is C10H20NSi. The maximum atomic E-state index is 8.42. The predicted octanol–water partition coefficient (Wildman–Crippen LogP) is 3.60. The SMILES string of the molecule is CC(C)[Si](CCCC#N)C(C)C. The predicted molar refractivity (Wildman–Crippen MR) is 55.6 cm³/mol. The highest BCUT2D eigenvalue weighted by molar-refractivity contribution is 6.61. The maximum Gasteiger partial charge on any atom is 0.0621 e. The van der Waals surface area contributed by atoms with Crippen LogP contribution in [0.1, 0.15) is 40.5 Å². The maximum absolute atomic E-state index is 8.42. The first-order chi connectivity index (χ1) is 5.59. The van der Waals surface area contributed by atoms with E-state index in [0.717, 1.165) is 23.9 Å². The molecule has 0 bridgehead atoms. The van der Waals surface area contributed by atoms with Crippen LogP contribution in [0, 0.1) is 11.3 Å². The van der Waals surface area contributed by atoms with E-state index in [1.807, 2.05) is 0 Å². The molecule has 0 aliphatic heterocycles. The number of rotatable bonds is 5. The van der Waals surface area contributed by atoms with E-state index in [4.69, 9.17) is 5.26 Å². The minimum absolute atomic E-state index is 0.202. The van der Waals surface area contributed by atoms with Crippen LogP contribution in [0.4, 0.5) is 0 Å². The van der Waals surface area contributed by atoms with Crippen LogP contribution in [0.2, 0.25) is 17.1 Å². The van der Waals surface area contributed by atoms with Gasteiger partial charge < -0.3 is 0 Å². The van der Waals surface area contributed by atoms with Crippen molar-refractivity contribution in [3.8, 4) is 6.07 Å². The van der Waals surface area contributed by atoms with Gasteiger partial charge in [0, 0.05) is 6.42 Å². The molecule has 0 aliphatic carbocycles. The van der Waals surface area contributed by atoms with Gasteiger partial charge in [-0.15, -0.1) is 0 Å². The Labute approximate surface area is 78.4 Å². The Morgan fingerprint density at radius 3 is 2.00 bits per heavy atom. The Hall–Kier alpha value is -0.293. The lowest BCUT2D eigenvalue weighted by Gasteiger charge is -2.22. The molecule has 0 heterocycles. The molecule has 0 saturated heterocycles. The number of nitrogens with zero attached hydrogens (tertiary/aromatic N) is 1. The number of nitriles is 1. The molecule has 0 unspecified atom stereocenters. The van der Waals surface area contributed by atoms with Crippen molar-refractivity contribution in [1.82, 2.24) is 0 Å². The first kappa shape index (κ1) is 11.7. The van der Waals surface area contributed by atoms with Crippen molar-refractivity contribution < 1.29 is 0 Å². The van der Waals surface area contributed by atoms with Crippen molar-refractivity contribution in [2.75, 3.05) is 0 Å². The van der Waals surface area contributed by atoms with Crippen molar-refractivity contribution in [2.45, 2.75) is 57.7 Å². The van der Waals surface area contributed by atoms with Gasteiger partial charge in [-0.25, -0.2) is 0 Å². The zero-order valence-electron chi connectivity index (χ0n) is 8.72. The third-order valence-corrected chi connectivity index (χ3v) is 6.13. The Morgan fingerprint density at radius 2 is 1.67 bits per heavy atom. The van der Waals surface area contributed by atoms with E-state index in [2.05, 4.69) is 33.8 Å². The average Bonchev–Trinajstić information content (AvgIpc) is 1.96. The van der Waals surface area contributed by atoms with Crippen molar-refractivity contribution in [2.24, 2.45) is 0 Å². The average molecular weight is 182 g/mol. The highest BCUT2D eigenvalue weighted by Gasteiger charge is 2.18. The lowest BCUT2D eigenvalue weighted by Crippen LogP contribution is -2.20. The Bertz CT molecular complexity index is 138. The molecule has 0 spiro atoms. The Morgan fingerprint density at radius 1 is 1.17 bits per heavy atom. The number of hydrogen-bond donors (Lipinski definition) is 0. The van der Waals surface area contributed by atoms with Crippen molar-refractivity contribution in [3.63, 3.8) is 0 Å². The summed E-state index contributed by atoms with van der Waals surface area (Å²) in [6.07, 6.45) is 1.86. The normalized spacial score (nSPS) is 11.2. The Balaban J connectivity index is 3.74. The summed E-state index contributed by atoms with van der Waals surface area (Å²) < 4.78 is 0. The topological polar surface area (TPSA) is 23.8 Å². The molecular weight excluding hydrogens is 162 g/mol. The minimum atomic E-state index is -0.202. The molecule has 12 heavy (non-hydrogen) atoms. The zero-order valence-corrected chi connectivity index (χ0v) is 9.72. The summed E-state index contributed by atoms with van der Waals surface area (Å²) in [6.45, 7) is 9.28. The van der Waals surface area contributed by atoms with E-state index in [-0.39, 0.29) is 8.80 Å². The van der Waals surface area contributed by atoms with Crippen LogP contribution in [-0.2, 0) is 0 Å². The smallest absolute Gasteiger partial charge is 0.0621 e. The summed E-state index contributed by atoms with van der Waals surface area (Å²) in [6, 6.07) is 3.53. The molecule has 1 nitrogen and oxygen atoms in total. The monoisotopic (exact) mass is 182 g/mol. The quantitative estimate of drug-likeness (QED) is 0.471. The van der Waals surface area contributed by atoms with Gasteiger partial charge in [0.2, 0.25) is 0 Å². The molecule has 0 aromatic rings. The summed E-state index contributed by atoms with van der Waals surface area (Å²) in [5.74, 6) is 0. The first-order valence-electron chi connectivity index (χ1n) is 4.82. The Kier molecular flexibility index (Phi) is 6.10. The summed E-state index contributed by atoms with van der Waals surface area (Å²) in [5, 5.41) is 8.42. The van der Waals surface area contributed by atoms with Gasteiger partial charge in [-0.1, -0.05) is 44.8 Å². The molecule has 0 aliphatic rings. The lowest BCUT2D eigenvalue weighted by atomic mass is 10.4. The van der Waals surface area contributed by atoms with Crippen LogP contribution in [0.15, 0.2) is 0 Å². The molecule has 0 rings (SSSR count). The van der Waals surface area contributed by atoms with Gasteiger partial charge in [0.15, 0.2) is 0 Å². The third-order valence-electron chi connectivity index (χ3n) is 2.24. The van der Waals surface area contributed by atoms with Gasteiger partial charge >= 0.3 is 0 Å². The fourth-order valence-electron chi connectivity index (χ4n) is 1.62. The van der Waals surface area contributed by atoms with E-state index in [1.54, 1.807) is 0 Å². The van der Waals surface area contributed by atoms with Crippen LogP contribution >= 0.6 is 0 Å². The summed E-state index contributed by atoms with van der Waals surface area (Å²) in [7, 11) is -0.202. The highest BCUT2D eigenvalue weighted by atomic mass is 28.3. The molecule has 0 aromatic carbocycles. The molecule has 0 fully saturated rings. The van der Waals surface area contributed by atoms with E-state index in [1.165, 1.54) is 6.04 Å². The van der Waals surface area contributed by atoms with Gasteiger partial charge in [0.05, 0.1) is 14.9 Å². The second-order valence-corrected chi connectivity index (χ2v) is 7.86. The first-order valence-corrected chi connectivity index (χ1v) is 6.68. The van der Waals surface area contributed by atoms with Gasteiger partial charge in [-0.2, -0.15) is 5.26 Å². The second kappa shape index (κ2) is 6.25.